The topological polar surface area (TPSA) is 113 Å². The molecule has 2 rings (SSSR count). The zero-order valence-electron chi connectivity index (χ0n) is 10.00. The van der Waals surface area contributed by atoms with Crippen molar-refractivity contribution >= 4 is 11.7 Å². The van der Waals surface area contributed by atoms with Crippen LogP contribution in [0, 0.1) is 0 Å². The summed E-state index contributed by atoms with van der Waals surface area (Å²) in [5.74, 6) is 1.06. The highest BCUT2D eigenvalue weighted by atomic mass is 16.1. The second-order valence-electron chi connectivity index (χ2n) is 3.78. The molecule has 0 unspecified atom stereocenters. The van der Waals surface area contributed by atoms with E-state index in [1.807, 2.05) is 13.0 Å². The lowest BCUT2D eigenvalue weighted by Crippen LogP contribution is -2.14. The maximum Gasteiger partial charge on any atom is 0.225 e. The van der Waals surface area contributed by atoms with Crippen molar-refractivity contribution in [3.63, 3.8) is 0 Å². The van der Waals surface area contributed by atoms with Crippen LogP contribution in [-0.4, -0.2) is 25.7 Å². The highest BCUT2D eigenvalue weighted by Crippen LogP contribution is 2.17. The Morgan fingerprint density at radius 1 is 1.44 bits per heavy atom. The summed E-state index contributed by atoms with van der Waals surface area (Å²) in [6.45, 7) is 2.59. The largest absolute Gasteiger partial charge is 0.384 e. The molecule has 7 nitrogen and oxygen atoms in total. The van der Waals surface area contributed by atoms with Gasteiger partial charge < -0.3 is 11.5 Å². The number of hydrogen-bond donors (Lipinski definition) is 2. The molecule has 0 saturated carbocycles. The molecule has 2 aromatic heterocycles. The standard InChI is InChI=1S/C11H14N6O/c1-2-17-11(7-3-4-8(12)14-6-7)15-10(16-17)5-9(13)18/h3-4,6H,2,5H2,1H3,(H2,12,14)(H2,13,18). The van der Waals surface area contributed by atoms with Crippen LogP contribution < -0.4 is 11.5 Å². The molecule has 0 spiro atoms. The zero-order chi connectivity index (χ0) is 13.1. The molecule has 0 atom stereocenters. The predicted octanol–water partition coefficient (Wildman–Crippen LogP) is -0.0300. The third-order valence-corrected chi connectivity index (χ3v) is 2.39. The van der Waals surface area contributed by atoms with Crippen molar-refractivity contribution in [3.8, 4) is 11.4 Å². The molecule has 0 radical (unpaired) electrons. The van der Waals surface area contributed by atoms with Crippen molar-refractivity contribution in [2.75, 3.05) is 5.73 Å². The first-order valence-corrected chi connectivity index (χ1v) is 5.54. The van der Waals surface area contributed by atoms with E-state index in [-0.39, 0.29) is 6.42 Å². The Bertz CT molecular complexity index is 559. The minimum Gasteiger partial charge on any atom is -0.384 e. The Kier molecular flexibility index (Phi) is 3.22. The van der Waals surface area contributed by atoms with Crippen LogP contribution in [0.4, 0.5) is 5.82 Å². The number of pyridine rings is 1. The smallest absolute Gasteiger partial charge is 0.225 e. The van der Waals surface area contributed by atoms with Crippen LogP contribution in [0.2, 0.25) is 0 Å². The molecule has 1 amide bonds. The van der Waals surface area contributed by atoms with Crippen LogP contribution in [0.3, 0.4) is 0 Å². The number of carbonyl (C=O) groups excluding carboxylic acids is 1. The van der Waals surface area contributed by atoms with Crippen molar-refractivity contribution in [2.45, 2.75) is 19.9 Å². The number of primary amides is 1. The molecule has 0 aliphatic carbocycles. The summed E-state index contributed by atoms with van der Waals surface area (Å²) >= 11 is 0. The van der Waals surface area contributed by atoms with Gasteiger partial charge in [0, 0.05) is 18.3 Å². The summed E-state index contributed by atoms with van der Waals surface area (Å²) in [4.78, 5) is 19.2. The molecule has 0 fully saturated rings. The second-order valence-corrected chi connectivity index (χ2v) is 3.78. The molecule has 4 N–H and O–H groups in total. The Morgan fingerprint density at radius 2 is 2.22 bits per heavy atom. The quantitative estimate of drug-likeness (QED) is 0.786. The molecule has 0 aliphatic heterocycles. The summed E-state index contributed by atoms with van der Waals surface area (Å²) in [7, 11) is 0. The maximum atomic E-state index is 10.9. The van der Waals surface area contributed by atoms with E-state index < -0.39 is 5.91 Å². The summed E-state index contributed by atoms with van der Waals surface area (Å²) in [5.41, 5.74) is 11.5. The molecular weight excluding hydrogens is 232 g/mol. The van der Waals surface area contributed by atoms with E-state index in [0.717, 1.165) is 5.56 Å². The van der Waals surface area contributed by atoms with Crippen molar-refractivity contribution in [1.82, 2.24) is 19.7 Å². The molecule has 0 bridgehead atoms. The molecule has 94 valence electrons. The number of anilines is 1. The van der Waals surface area contributed by atoms with Crippen LogP contribution >= 0.6 is 0 Å². The van der Waals surface area contributed by atoms with E-state index in [4.69, 9.17) is 11.5 Å². The summed E-state index contributed by atoms with van der Waals surface area (Å²) in [6, 6.07) is 3.50. The molecule has 0 aromatic carbocycles. The Morgan fingerprint density at radius 3 is 2.78 bits per heavy atom. The van der Waals surface area contributed by atoms with Crippen molar-refractivity contribution in [2.24, 2.45) is 5.73 Å². The van der Waals surface area contributed by atoms with Crippen LogP contribution in [0.15, 0.2) is 18.3 Å². The second kappa shape index (κ2) is 4.82. The highest BCUT2D eigenvalue weighted by Gasteiger charge is 2.12. The molecule has 18 heavy (non-hydrogen) atoms. The van der Waals surface area contributed by atoms with E-state index in [1.165, 1.54) is 0 Å². The van der Waals surface area contributed by atoms with Gasteiger partial charge >= 0.3 is 0 Å². The van der Waals surface area contributed by atoms with Gasteiger partial charge in [0.25, 0.3) is 0 Å². The number of hydrogen-bond acceptors (Lipinski definition) is 5. The van der Waals surface area contributed by atoms with Gasteiger partial charge in [0.2, 0.25) is 5.91 Å². The average Bonchev–Trinajstić information content (AvgIpc) is 2.72. The fourth-order valence-corrected chi connectivity index (χ4v) is 1.59. The fourth-order valence-electron chi connectivity index (χ4n) is 1.59. The normalized spacial score (nSPS) is 10.5. The third kappa shape index (κ3) is 2.45. The monoisotopic (exact) mass is 246 g/mol. The van der Waals surface area contributed by atoms with Crippen molar-refractivity contribution in [1.29, 1.82) is 0 Å². The van der Waals surface area contributed by atoms with Crippen molar-refractivity contribution < 1.29 is 4.79 Å². The molecule has 2 heterocycles. The first-order valence-electron chi connectivity index (χ1n) is 5.54. The van der Waals surface area contributed by atoms with E-state index in [1.54, 1.807) is 16.9 Å². The fraction of sp³-hybridized carbons (Fsp3) is 0.273. The number of aromatic nitrogens is 4. The number of amides is 1. The van der Waals surface area contributed by atoms with Gasteiger partial charge in [-0.2, -0.15) is 5.10 Å². The highest BCUT2D eigenvalue weighted by molar-refractivity contribution is 5.75. The number of nitrogen functional groups attached to an aromatic ring is 1. The van der Waals surface area contributed by atoms with Gasteiger partial charge in [-0.3, -0.25) is 4.79 Å². The Hall–Kier alpha value is -2.44. The summed E-state index contributed by atoms with van der Waals surface area (Å²) in [6.07, 6.45) is 1.65. The zero-order valence-corrected chi connectivity index (χ0v) is 10.00. The van der Waals surface area contributed by atoms with Gasteiger partial charge in [-0.15, -0.1) is 0 Å². The summed E-state index contributed by atoms with van der Waals surface area (Å²) < 4.78 is 1.70. The SMILES string of the molecule is CCn1nc(CC(N)=O)nc1-c1ccc(N)nc1. The molecule has 0 aliphatic rings. The van der Waals surface area contributed by atoms with Gasteiger partial charge in [0.1, 0.15) is 5.82 Å². The van der Waals surface area contributed by atoms with E-state index >= 15 is 0 Å². The third-order valence-electron chi connectivity index (χ3n) is 2.39. The van der Waals surface area contributed by atoms with E-state index in [9.17, 15) is 4.79 Å². The molecular formula is C11H14N6O. The van der Waals surface area contributed by atoms with Crippen LogP contribution in [0.25, 0.3) is 11.4 Å². The van der Waals surface area contributed by atoms with Crippen LogP contribution in [-0.2, 0) is 17.8 Å². The Labute approximate surface area is 104 Å². The predicted molar refractivity (Wildman–Crippen MR) is 66.2 cm³/mol. The number of aryl methyl sites for hydroxylation is 1. The van der Waals surface area contributed by atoms with Crippen LogP contribution in [0.5, 0.6) is 0 Å². The van der Waals surface area contributed by atoms with Gasteiger partial charge in [0.05, 0.1) is 6.42 Å². The lowest BCUT2D eigenvalue weighted by molar-refractivity contribution is -0.117. The summed E-state index contributed by atoms with van der Waals surface area (Å²) in [5, 5.41) is 4.21. The first-order chi connectivity index (χ1) is 8.60. The molecule has 7 heteroatoms. The van der Waals surface area contributed by atoms with E-state index in [2.05, 4.69) is 15.1 Å². The molecule has 2 aromatic rings. The van der Waals surface area contributed by atoms with Gasteiger partial charge in [0.15, 0.2) is 11.6 Å². The van der Waals surface area contributed by atoms with Gasteiger partial charge in [-0.1, -0.05) is 0 Å². The van der Waals surface area contributed by atoms with E-state index in [0.29, 0.717) is 24.0 Å². The molecule has 0 saturated heterocycles. The minimum atomic E-state index is -0.453. The number of rotatable bonds is 4. The lowest BCUT2D eigenvalue weighted by Gasteiger charge is -2.02. The van der Waals surface area contributed by atoms with Crippen molar-refractivity contribution in [3.05, 3.63) is 24.2 Å². The number of nitrogens with zero attached hydrogens (tertiary/aromatic N) is 4. The van der Waals surface area contributed by atoms with Gasteiger partial charge in [-0.05, 0) is 19.1 Å². The number of carbonyl (C=O) groups is 1. The average molecular weight is 246 g/mol. The number of nitrogens with two attached hydrogens (primary N) is 2. The van der Waals surface area contributed by atoms with Crippen LogP contribution in [0.1, 0.15) is 12.7 Å². The minimum absolute atomic E-state index is 0.0302. The lowest BCUT2D eigenvalue weighted by atomic mass is 10.2. The Balaban J connectivity index is 2.39. The maximum absolute atomic E-state index is 10.9. The van der Waals surface area contributed by atoms with Gasteiger partial charge in [-0.25, -0.2) is 14.6 Å². The first kappa shape index (κ1) is 12.0.